The van der Waals surface area contributed by atoms with Crippen LogP contribution in [0.15, 0.2) is 53.5 Å². The van der Waals surface area contributed by atoms with E-state index in [2.05, 4.69) is 5.32 Å². The van der Waals surface area contributed by atoms with Crippen LogP contribution in [0.4, 0.5) is 0 Å². The van der Waals surface area contributed by atoms with Gasteiger partial charge in [0.15, 0.2) is 0 Å². The zero-order valence-corrected chi connectivity index (χ0v) is 15.1. The molecule has 0 spiro atoms. The Morgan fingerprint density at radius 2 is 1.92 bits per heavy atom. The molecule has 0 atom stereocenters. The zero-order valence-electron chi connectivity index (χ0n) is 13.6. The summed E-state index contributed by atoms with van der Waals surface area (Å²) in [6.07, 6.45) is 1.60. The number of amides is 1. The maximum Gasteiger partial charge on any atom is 0.257 e. The lowest BCUT2D eigenvalue weighted by molar-refractivity contribution is 0.0949. The van der Waals surface area contributed by atoms with Crippen LogP contribution in [0.5, 0.6) is 0 Å². The Labute approximate surface area is 155 Å². The first-order valence-corrected chi connectivity index (χ1v) is 8.61. The molecule has 0 fully saturated rings. The fourth-order valence-electron chi connectivity index (χ4n) is 2.70. The molecule has 0 aliphatic carbocycles. The Bertz CT molecular complexity index is 1010. The number of nitrogens with zero attached hydrogens (tertiary/aromatic N) is 1. The minimum Gasteiger partial charge on any atom is -0.348 e. The maximum absolute atomic E-state index is 12.6. The molecule has 1 aromatic heterocycles. The highest BCUT2D eigenvalue weighted by Gasteiger charge is 2.15. The van der Waals surface area contributed by atoms with E-state index < -0.39 is 5.91 Å². The summed E-state index contributed by atoms with van der Waals surface area (Å²) in [7, 11) is 0. The molecule has 3 rings (SSSR count). The monoisotopic (exact) mass is 374 g/mol. The first kappa shape index (κ1) is 17.5. The van der Waals surface area contributed by atoms with E-state index in [9.17, 15) is 9.59 Å². The minimum absolute atomic E-state index is 0.116. The summed E-state index contributed by atoms with van der Waals surface area (Å²) in [6, 6.07) is 12.3. The highest BCUT2D eigenvalue weighted by molar-refractivity contribution is 6.35. The fraction of sp³-hybridized carbons (Fsp3) is 0.158. The molecule has 1 amide bonds. The van der Waals surface area contributed by atoms with Gasteiger partial charge in [-0.05, 0) is 36.8 Å². The second kappa shape index (κ2) is 7.30. The molecule has 0 radical (unpaired) electrons. The first-order chi connectivity index (χ1) is 12.0. The number of fused-ring (bicyclic) bond motifs is 1. The molecule has 0 bridgehead atoms. The van der Waals surface area contributed by atoms with Gasteiger partial charge < -0.3 is 9.88 Å². The van der Waals surface area contributed by atoms with Gasteiger partial charge in [-0.25, -0.2) is 0 Å². The summed E-state index contributed by atoms with van der Waals surface area (Å²) < 4.78 is 1.89. The second-order valence-electron chi connectivity index (χ2n) is 5.59. The standard InChI is InChI=1S/C19H16Cl2N2O2/c1-2-23-11-15(18(24)14-5-3-4-6-17(14)23)19(25)22-10-12-7-8-13(20)9-16(12)21/h3-9,11H,2,10H2,1H3,(H,22,25). The molecule has 0 aliphatic rings. The third kappa shape index (κ3) is 3.55. The Morgan fingerprint density at radius 1 is 1.16 bits per heavy atom. The van der Waals surface area contributed by atoms with Crippen LogP contribution in [0.1, 0.15) is 22.8 Å². The summed E-state index contributed by atoms with van der Waals surface area (Å²) in [5.74, 6) is -0.427. The van der Waals surface area contributed by atoms with Gasteiger partial charge in [-0.3, -0.25) is 9.59 Å². The van der Waals surface area contributed by atoms with Crippen molar-refractivity contribution in [3.05, 3.63) is 80.1 Å². The number of pyridine rings is 1. The Morgan fingerprint density at radius 3 is 2.64 bits per heavy atom. The molecule has 128 valence electrons. The number of hydrogen-bond acceptors (Lipinski definition) is 2. The van der Waals surface area contributed by atoms with Gasteiger partial charge in [-0.2, -0.15) is 0 Å². The van der Waals surface area contributed by atoms with Gasteiger partial charge in [0.1, 0.15) is 5.56 Å². The highest BCUT2D eigenvalue weighted by Crippen LogP contribution is 2.20. The van der Waals surface area contributed by atoms with E-state index in [1.807, 2.05) is 23.6 Å². The highest BCUT2D eigenvalue weighted by atomic mass is 35.5. The molecule has 0 aliphatic heterocycles. The molecular formula is C19H16Cl2N2O2. The van der Waals surface area contributed by atoms with E-state index in [0.29, 0.717) is 22.0 Å². The van der Waals surface area contributed by atoms with Crippen molar-refractivity contribution in [3.63, 3.8) is 0 Å². The zero-order chi connectivity index (χ0) is 18.0. The predicted molar refractivity (Wildman–Crippen MR) is 102 cm³/mol. The van der Waals surface area contributed by atoms with Crippen LogP contribution >= 0.6 is 23.2 Å². The number of carbonyl (C=O) groups excluding carboxylic acids is 1. The molecule has 1 N–H and O–H groups in total. The van der Waals surface area contributed by atoms with Gasteiger partial charge in [0.05, 0.1) is 5.52 Å². The molecule has 25 heavy (non-hydrogen) atoms. The molecule has 6 heteroatoms. The Kier molecular flexibility index (Phi) is 5.11. The van der Waals surface area contributed by atoms with Crippen LogP contribution < -0.4 is 10.7 Å². The van der Waals surface area contributed by atoms with Crippen LogP contribution in [0, 0.1) is 0 Å². The Hall–Kier alpha value is -2.30. The number of benzene rings is 2. The normalized spacial score (nSPS) is 10.8. The van der Waals surface area contributed by atoms with E-state index in [-0.39, 0.29) is 17.5 Å². The van der Waals surface area contributed by atoms with Crippen molar-refractivity contribution in [2.75, 3.05) is 0 Å². The summed E-state index contributed by atoms with van der Waals surface area (Å²) in [5, 5.41) is 4.28. The van der Waals surface area contributed by atoms with E-state index in [1.165, 1.54) is 0 Å². The third-order valence-corrected chi connectivity index (χ3v) is 4.61. The number of nitrogens with one attached hydrogen (secondary N) is 1. The van der Waals surface area contributed by atoms with Gasteiger partial charge in [-0.15, -0.1) is 0 Å². The smallest absolute Gasteiger partial charge is 0.257 e. The Balaban J connectivity index is 1.92. The quantitative estimate of drug-likeness (QED) is 0.741. The van der Waals surface area contributed by atoms with Crippen LogP contribution in [-0.2, 0) is 13.1 Å². The molecule has 0 saturated heterocycles. The number of aryl methyl sites for hydroxylation is 1. The van der Waals surface area contributed by atoms with Crippen molar-refractivity contribution in [1.82, 2.24) is 9.88 Å². The average molecular weight is 375 g/mol. The molecule has 3 aromatic rings. The van der Waals surface area contributed by atoms with Gasteiger partial charge >= 0.3 is 0 Å². The SMILES string of the molecule is CCn1cc(C(=O)NCc2ccc(Cl)cc2Cl)c(=O)c2ccccc21. The van der Waals surface area contributed by atoms with E-state index in [1.54, 1.807) is 36.5 Å². The topological polar surface area (TPSA) is 51.1 Å². The summed E-state index contributed by atoms with van der Waals surface area (Å²) in [6.45, 7) is 2.84. The number of carbonyl (C=O) groups is 1. The van der Waals surface area contributed by atoms with Gasteiger partial charge in [0.25, 0.3) is 5.91 Å². The minimum atomic E-state index is -0.427. The fourth-order valence-corrected chi connectivity index (χ4v) is 3.18. The third-order valence-electron chi connectivity index (χ3n) is 4.03. The lowest BCUT2D eigenvalue weighted by atomic mass is 10.1. The molecule has 0 saturated carbocycles. The molecule has 2 aromatic carbocycles. The summed E-state index contributed by atoms with van der Waals surface area (Å²) >= 11 is 12.0. The molecular weight excluding hydrogens is 359 g/mol. The van der Waals surface area contributed by atoms with Crippen molar-refractivity contribution < 1.29 is 4.79 Å². The van der Waals surface area contributed by atoms with Crippen LogP contribution in [0.25, 0.3) is 10.9 Å². The van der Waals surface area contributed by atoms with Crippen molar-refractivity contribution in [2.45, 2.75) is 20.0 Å². The van der Waals surface area contributed by atoms with E-state index in [0.717, 1.165) is 11.1 Å². The van der Waals surface area contributed by atoms with Crippen molar-refractivity contribution >= 4 is 40.0 Å². The summed E-state index contributed by atoms with van der Waals surface area (Å²) in [4.78, 5) is 25.2. The lowest BCUT2D eigenvalue weighted by Gasteiger charge is -2.12. The van der Waals surface area contributed by atoms with Gasteiger partial charge in [-0.1, -0.05) is 41.4 Å². The van der Waals surface area contributed by atoms with Crippen molar-refractivity contribution in [2.24, 2.45) is 0 Å². The second-order valence-corrected chi connectivity index (χ2v) is 6.44. The van der Waals surface area contributed by atoms with Crippen LogP contribution in [0.3, 0.4) is 0 Å². The number of hydrogen-bond donors (Lipinski definition) is 1. The molecule has 4 nitrogen and oxygen atoms in total. The van der Waals surface area contributed by atoms with E-state index >= 15 is 0 Å². The van der Waals surface area contributed by atoms with Crippen LogP contribution in [0.2, 0.25) is 10.0 Å². The van der Waals surface area contributed by atoms with Crippen molar-refractivity contribution in [3.8, 4) is 0 Å². The maximum atomic E-state index is 12.6. The molecule has 1 heterocycles. The average Bonchev–Trinajstić information content (AvgIpc) is 2.61. The summed E-state index contributed by atoms with van der Waals surface area (Å²) in [5.41, 5.74) is 1.38. The predicted octanol–water partition coefficient (Wildman–Crippen LogP) is 4.26. The first-order valence-electron chi connectivity index (χ1n) is 7.85. The lowest BCUT2D eigenvalue weighted by Crippen LogP contribution is -2.29. The van der Waals surface area contributed by atoms with Gasteiger partial charge in [0, 0.05) is 34.7 Å². The number of halogens is 2. The molecule has 0 unspecified atom stereocenters. The van der Waals surface area contributed by atoms with E-state index in [4.69, 9.17) is 23.2 Å². The number of para-hydroxylation sites is 1. The van der Waals surface area contributed by atoms with Crippen molar-refractivity contribution in [1.29, 1.82) is 0 Å². The largest absolute Gasteiger partial charge is 0.348 e. The number of aromatic nitrogens is 1. The van der Waals surface area contributed by atoms with Crippen LogP contribution in [-0.4, -0.2) is 10.5 Å². The van der Waals surface area contributed by atoms with Gasteiger partial charge in [0.2, 0.25) is 5.43 Å². The number of rotatable bonds is 4.